The van der Waals surface area contributed by atoms with Gasteiger partial charge < -0.3 is 14.6 Å². The molecule has 2 aliphatic rings. The van der Waals surface area contributed by atoms with Gasteiger partial charge >= 0.3 is 0 Å². The lowest BCUT2D eigenvalue weighted by atomic mass is 9.82. The van der Waals surface area contributed by atoms with Crippen LogP contribution in [-0.2, 0) is 24.3 Å². The van der Waals surface area contributed by atoms with E-state index in [0.717, 1.165) is 37.1 Å². The first-order valence-electron chi connectivity index (χ1n) is 7.04. The molecule has 3 rings (SSSR count). The highest BCUT2D eigenvalue weighted by molar-refractivity contribution is 4.98. The van der Waals surface area contributed by atoms with E-state index < -0.39 is 0 Å². The molecule has 18 heavy (non-hydrogen) atoms. The molecule has 0 amide bonds. The molecular weight excluding hydrogens is 228 g/mol. The Morgan fingerprint density at radius 1 is 1.33 bits per heavy atom. The molecule has 2 heterocycles. The van der Waals surface area contributed by atoms with Crippen molar-refractivity contribution in [3.8, 4) is 0 Å². The SMILES string of the molecule is CNCC1CC(OCc2nnc3n2CCCC3)C1. The summed E-state index contributed by atoms with van der Waals surface area (Å²) in [5, 5.41) is 11.7. The Hall–Kier alpha value is -0.940. The first-order valence-corrected chi connectivity index (χ1v) is 7.04. The van der Waals surface area contributed by atoms with Crippen LogP contribution in [-0.4, -0.2) is 34.5 Å². The van der Waals surface area contributed by atoms with Crippen molar-refractivity contribution < 1.29 is 4.74 Å². The molecule has 0 saturated heterocycles. The number of fused-ring (bicyclic) bond motifs is 1. The largest absolute Gasteiger partial charge is 0.370 e. The van der Waals surface area contributed by atoms with Crippen LogP contribution in [0.2, 0.25) is 0 Å². The van der Waals surface area contributed by atoms with Crippen LogP contribution in [0.3, 0.4) is 0 Å². The molecule has 0 radical (unpaired) electrons. The summed E-state index contributed by atoms with van der Waals surface area (Å²) in [5.74, 6) is 2.95. The third-order valence-corrected chi connectivity index (χ3v) is 4.07. The van der Waals surface area contributed by atoms with Gasteiger partial charge in [0.1, 0.15) is 12.4 Å². The quantitative estimate of drug-likeness (QED) is 0.851. The zero-order valence-electron chi connectivity index (χ0n) is 11.1. The standard InChI is InChI=1S/C13H22N4O/c1-14-8-10-6-11(7-10)18-9-13-16-15-12-4-2-3-5-17(12)13/h10-11,14H,2-9H2,1H3. The summed E-state index contributed by atoms with van der Waals surface area (Å²) in [6.07, 6.45) is 6.35. The second-order valence-electron chi connectivity index (χ2n) is 5.47. The number of nitrogens with zero attached hydrogens (tertiary/aromatic N) is 3. The number of aromatic nitrogens is 3. The molecule has 1 aliphatic heterocycles. The van der Waals surface area contributed by atoms with E-state index in [1.165, 1.54) is 25.7 Å². The summed E-state index contributed by atoms with van der Waals surface area (Å²) in [7, 11) is 2.01. The minimum Gasteiger partial charge on any atom is -0.370 e. The van der Waals surface area contributed by atoms with Crippen LogP contribution in [0.15, 0.2) is 0 Å². The molecule has 1 saturated carbocycles. The highest BCUT2D eigenvalue weighted by Gasteiger charge is 2.29. The van der Waals surface area contributed by atoms with Crippen LogP contribution in [0.1, 0.15) is 37.3 Å². The van der Waals surface area contributed by atoms with Crippen LogP contribution in [0, 0.1) is 5.92 Å². The number of rotatable bonds is 5. The molecule has 0 aromatic carbocycles. The van der Waals surface area contributed by atoms with Gasteiger partial charge in [-0.1, -0.05) is 0 Å². The van der Waals surface area contributed by atoms with Gasteiger partial charge in [-0.25, -0.2) is 0 Å². The Kier molecular flexibility index (Phi) is 3.61. The lowest BCUT2D eigenvalue weighted by Crippen LogP contribution is -2.37. The fourth-order valence-electron chi connectivity index (χ4n) is 2.93. The number of nitrogens with one attached hydrogen (secondary N) is 1. The van der Waals surface area contributed by atoms with E-state index in [9.17, 15) is 0 Å². The van der Waals surface area contributed by atoms with Crippen LogP contribution in [0.4, 0.5) is 0 Å². The van der Waals surface area contributed by atoms with Crippen molar-refractivity contribution in [2.24, 2.45) is 5.92 Å². The average Bonchev–Trinajstić information content (AvgIpc) is 2.75. The summed E-state index contributed by atoms with van der Waals surface area (Å²) in [4.78, 5) is 0. The molecule has 5 heteroatoms. The molecule has 0 atom stereocenters. The van der Waals surface area contributed by atoms with E-state index in [2.05, 4.69) is 20.1 Å². The van der Waals surface area contributed by atoms with Gasteiger partial charge in [0.2, 0.25) is 0 Å². The highest BCUT2D eigenvalue weighted by Crippen LogP contribution is 2.30. The zero-order valence-corrected chi connectivity index (χ0v) is 11.1. The average molecular weight is 250 g/mol. The molecule has 0 spiro atoms. The lowest BCUT2D eigenvalue weighted by Gasteiger charge is -2.34. The first kappa shape index (κ1) is 12.1. The predicted octanol–water partition coefficient (Wildman–Crippen LogP) is 1.13. The van der Waals surface area contributed by atoms with Crippen molar-refractivity contribution in [2.45, 2.75) is 51.4 Å². The molecule has 0 unspecified atom stereocenters. The van der Waals surface area contributed by atoms with Crippen molar-refractivity contribution in [2.75, 3.05) is 13.6 Å². The minimum atomic E-state index is 0.430. The van der Waals surface area contributed by atoms with Gasteiger partial charge in [-0.15, -0.1) is 10.2 Å². The molecule has 1 fully saturated rings. The van der Waals surface area contributed by atoms with Crippen LogP contribution >= 0.6 is 0 Å². The van der Waals surface area contributed by atoms with Gasteiger partial charge in [-0.3, -0.25) is 0 Å². The zero-order chi connectivity index (χ0) is 12.4. The van der Waals surface area contributed by atoms with Crippen molar-refractivity contribution in [1.82, 2.24) is 20.1 Å². The van der Waals surface area contributed by atoms with Gasteiger partial charge in [-0.05, 0) is 45.2 Å². The molecule has 1 aliphatic carbocycles. The van der Waals surface area contributed by atoms with E-state index in [0.29, 0.717) is 12.7 Å². The van der Waals surface area contributed by atoms with Gasteiger partial charge in [-0.2, -0.15) is 0 Å². The first-order chi connectivity index (χ1) is 8.86. The van der Waals surface area contributed by atoms with E-state index in [1.54, 1.807) is 0 Å². The van der Waals surface area contributed by atoms with Crippen LogP contribution in [0.25, 0.3) is 0 Å². The molecule has 1 N–H and O–H groups in total. The second kappa shape index (κ2) is 5.36. The Balaban J connectivity index is 1.48. The van der Waals surface area contributed by atoms with Gasteiger partial charge in [0, 0.05) is 13.0 Å². The fourth-order valence-corrected chi connectivity index (χ4v) is 2.93. The summed E-state index contributed by atoms with van der Waals surface area (Å²) < 4.78 is 8.16. The third kappa shape index (κ3) is 2.42. The maximum atomic E-state index is 5.91. The van der Waals surface area contributed by atoms with Crippen LogP contribution < -0.4 is 5.32 Å². The van der Waals surface area contributed by atoms with Crippen LogP contribution in [0.5, 0.6) is 0 Å². The minimum absolute atomic E-state index is 0.430. The number of aryl methyl sites for hydroxylation is 1. The lowest BCUT2D eigenvalue weighted by molar-refractivity contribution is -0.0426. The van der Waals surface area contributed by atoms with E-state index in [1.807, 2.05) is 7.05 Å². The molecule has 1 aromatic heterocycles. The second-order valence-corrected chi connectivity index (χ2v) is 5.47. The topological polar surface area (TPSA) is 52.0 Å². The fraction of sp³-hybridized carbons (Fsp3) is 0.846. The van der Waals surface area contributed by atoms with E-state index >= 15 is 0 Å². The van der Waals surface area contributed by atoms with Crippen molar-refractivity contribution in [1.29, 1.82) is 0 Å². The summed E-state index contributed by atoms with van der Waals surface area (Å²) >= 11 is 0. The number of hydrogen-bond donors (Lipinski definition) is 1. The summed E-state index contributed by atoms with van der Waals surface area (Å²) in [5.41, 5.74) is 0. The highest BCUT2D eigenvalue weighted by atomic mass is 16.5. The van der Waals surface area contributed by atoms with Crippen molar-refractivity contribution in [3.63, 3.8) is 0 Å². The molecule has 0 bridgehead atoms. The van der Waals surface area contributed by atoms with Crippen molar-refractivity contribution >= 4 is 0 Å². The molecule has 1 aromatic rings. The van der Waals surface area contributed by atoms with Gasteiger partial charge in [0.25, 0.3) is 0 Å². The number of ether oxygens (including phenoxy) is 1. The monoisotopic (exact) mass is 250 g/mol. The van der Waals surface area contributed by atoms with Crippen molar-refractivity contribution in [3.05, 3.63) is 11.6 Å². The molecule has 100 valence electrons. The van der Waals surface area contributed by atoms with Gasteiger partial charge in [0.05, 0.1) is 6.10 Å². The smallest absolute Gasteiger partial charge is 0.159 e. The van der Waals surface area contributed by atoms with E-state index in [4.69, 9.17) is 4.74 Å². The predicted molar refractivity (Wildman–Crippen MR) is 68.2 cm³/mol. The normalized spacial score (nSPS) is 26.7. The summed E-state index contributed by atoms with van der Waals surface area (Å²) in [6.45, 7) is 2.80. The Morgan fingerprint density at radius 3 is 3.06 bits per heavy atom. The molecule has 5 nitrogen and oxygen atoms in total. The maximum absolute atomic E-state index is 5.91. The number of hydrogen-bond acceptors (Lipinski definition) is 4. The van der Waals surface area contributed by atoms with Gasteiger partial charge in [0.15, 0.2) is 5.82 Å². The maximum Gasteiger partial charge on any atom is 0.159 e. The van der Waals surface area contributed by atoms with E-state index in [-0.39, 0.29) is 0 Å². The third-order valence-electron chi connectivity index (χ3n) is 4.07. The summed E-state index contributed by atoms with van der Waals surface area (Å²) in [6, 6.07) is 0. The molecular formula is C13H22N4O. The Labute approximate surface area is 108 Å². The Bertz CT molecular complexity index is 398. The Morgan fingerprint density at radius 2 is 2.22 bits per heavy atom.